The minimum Gasteiger partial charge on any atom is -0.487 e. The highest BCUT2D eigenvalue weighted by Gasteiger charge is 2.19. The third kappa shape index (κ3) is 12.8. The van der Waals surface area contributed by atoms with E-state index < -0.39 is 0 Å². The number of hydrogen-bond donors (Lipinski definition) is 0. The largest absolute Gasteiger partial charge is 0.487 e. The van der Waals surface area contributed by atoms with Gasteiger partial charge in [0.05, 0.1) is 27.1 Å². The standard InChI is InChI=1S/C31H48NO3/c1-5-7-8-9-10-11-13-17-27-20-16-21-30(24-27)35-29(6-2)26-34-31(33)22-23-32(3,4)25-28-18-14-12-15-19-28/h12,14-16,18-21,24,29H,5-11,13,17,22-23,25-26H2,1-4H3/q+1. The number of esters is 1. The number of ether oxygens (including phenoxy) is 2. The van der Waals surface area contributed by atoms with Crippen LogP contribution in [-0.4, -0.2) is 43.8 Å². The lowest BCUT2D eigenvalue weighted by atomic mass is 10.0. The van der Waals surface area contributed by atoms with Gasteiger partial charge < -0.3 is 14.0 Å². The zero-order chi connectivity index (χ0) is 25.4. The topological polar surface area (TPSA) is 35.5 Å². The molecular weight excluding hydrogens is 434 g/mol. The molecule has 0 heterocycles. The number of aryl methyl sites for hydroxylation is 1. The van der Waals surface area contributed by atoms with Crippen LogP contribution >= 0.6 is 0 Å². The smallest absolute Gasteiger partial charge is 0.311 e. The molecule has 0 amide bonds. The lowest BCUT2D eigenvalue weighted by Crippen LogP contribution is -2.40. The van der Waals surface area contributed by atoms with E-state index >= 15 is 0 Å². The fourth-order valence-corrected chi connectivity index (χ4v) is 4.30. The Hall–Kier alpha value is -2.33. The second-order valence-electron chi connectivity index (χ2n) is 10.4. The van der Waals surface area contributed by atoms with E-state index in [1.54, 1.807) is 0 Å². The van der Waals surface area contributed by atoms with Gasteiger partial charge in [-0.1, -0.05) is 94.8 Å². The normalized spacial score (nSPS) is 12.3. The average Bonchev–Trinajstić information content (AvgIpc) is 2.85. The van der Waals surface area contributed by atoms with Gasteiger partial charge in [-0.05, 0) is 37.0 Å². The summed E-state index contributed by atoms with van der Waals surface area (Å²) in [7, 11) is 4.30. The van der Waals surface area contributed by atoms with Crippen molar-refractivity contribution < 1.29 is 18.8 Å². The Morgan fingerprint density at radius 3 is 2.26 bits per heavy atom. The molecule has 0 N–H and O–H groups in total. The summed E-state index contributed by atoms with van der Waals surface area (Å²) in [6, 6.07) is 18.8. The highest BCUT2D eigenvalue weighted by Crippen LogP contribution is 2.19. The van der Waals surface area contributed by atoms with Crippen molar-refractivity contribution >= 4 is 5.97 Å². The average molecular weight is 483 g/mol. The molecule has 194 valence electrons. The van der Waals surface area contributed by atoms with Crippen LogP contribution in [0.25, 0.3) is 0 Å². The predicted octanol–water partition coefficient (Wildman–Crippen LogP) is 7.35. The summed E-state index contributed by atoms with van der Waals surface area (Å²) in [5.74, 6) is 0.716. The summed E-state index contributed by atoms with van der Waals surface area (Å²) in [5.41, 5.74) is 2.60. The zero-order valence-corrected chi connectivity index (χ0v) is 22.6. The molecule has 0 fully saturated rings. The summed E-state index contributed by atoms with van der Waals surface area (Å²) >= 11 is 0. The molecule has 0 bridgehead atoms. The summed E-state index contributed by atoms with van der Waals surface area (Å²) in [4.78, 5) is 12.4. The van der Waals surface area contributed by atoms with Crippen molar-refractivity contribution in [1.29, 1.82) is 0 Å². The molecule has 2 rings (SSSR count). The molecule has 1 atom stereocenters. The van der Waals surface area contributed by atoms with Gasteiger partial charge in [0.25, 0.3) is 0 Å². The van der Waals surface area contributed by atoms with Crippen LogP contribution in [0.2, 0.25) is 0 Å². The quantitative estimate of drug-likeness (QED) is 0.127. The van der Waals surface area contributed by atoms with Gasteiger partial charge in [-0.25, -0.2) is 0 Å². The molecule has 0 aliphatic heterocycles. The molecule has 4 heteroatoms. The predicted molar refractivity (Wildman–Crippen MR) is 146 cm³/mol. The van der Waals surface area contributed by atoms with Crippen molar-refractivity contribution in [1.82, 2.24) is 0 Å². The van der Waals surface area contributed by atoms with Gasteiger partial charge in [0.15, 0.2) is 0 Å². The molecule has 4 nitrogen and oxygen atoms in total. The first-order chi connectivity index (χ1) is 16.9. The number of rotatable bonds is 18. The van der Waals surface area contributed by atoms with Gasteiger partial charge in [0, 0.05) is 5.56 Å². The van der Waals surface area contributed by atoms with Crippen LogP contribution in [0, 0.1) is 0 Å². The first kappa shape index (κ1) is 28.9. The highest BCUT2D eigenvalue weighted by molar-refractivity contribution is 5.69. The Balaban J connectivity index is 1.70. The molecule has 0 aliphatic rings. The van der Waals surface area contributed by atoms with Gasteiger partial charge in [-0.3, -0.25) is 4.79 Å². The summed E-state index contributed by atoms with van der Waals surface area (Å²) in [6.45, 7) is 6.26. The molecule has 35 heavy (non-hydrogen) atoms. The zero-order valence-electron chi connectivity index (χ0n) is 22.6. The number of carbonyl (C=O) groups is 1. The molecule has 1 unspecified atom stereocenters. The Morgan fingerprint density at radius 2 is 1.54 bits per heavy atom. The fourth-order valence-electron chi connectivity index (χ4n) is 4.30. The lowest BCUT2D eigenvalue weighted by Gasteiger charge is -2.29. The minimum absolute atomic E-state index is 0.125. The second kappa shape index (κ2) is 16.4. The molecule has 2 aromatic rings. The highest BCUT2D eigenvalue weighted by atomic mass is 16.6. The third-order valence-corrected chi connectivity index (χ3v) is 6.53. The number of benzene rings is 2. The Kier molecular flexibility index (Phi) is 13.5. The monoisotopic (exact) mass is 482 g/mol. The van der Waals surface area contributed by atoms with Crippen molar-refractivity contribution in [2.75, 3.05) is 27.2 Å². The van der Waals surface area contributed by atoms with E-state index in [4.69, 9.17) is 9.47 Å². The van der Waals surface area contributed by atoms with Crippen molar-refractivity contribution in [2.45, 2.75) is 90.7 Å². The molecule has 0 aromatic heterocycles. The van der Waals surface area contributed by atoms with Crippen LogP contribution in [-0.2, 0) is 22.5 Å². The number of hydrogen-bond acceptors (Lipinski definition) is 3. The fraction of sp³-hybridized carbons (Fsp3) is 0.581. The first-order valence-corrected chi connectivity index (χ1v) is 13.7. The first-order valence-electron chi connectivity index (χ1n) is 13.7. The molecule has 0 aliphatic carbocycles. The second-order valence-corrected chi connectivity index (χ2v) is 10.4. The van der Waals surface area contributed by atoms with Gasteiger partial charge in [-0.15, -0.1) is 0 Å². The van der Waals surface area contributed by atoms with Gasteiger partial charge in [0.2, 0.25) is 0 Å². The van der Waals surface area contributed by atoms with Crippen molar-refractivity contribution in [3.05, 3.63) is 65.7 Å². The molecule has 0 radical (unpaired) electrons. The third-order valence-electron chi connectivity index (χ3n) is 6.53. The molecule has 0 saturated carbocycles. The number of nitrogens with zero attached hydrogens (tertiary/aromatic N) is 1. The van der Waals surface area contributed by atoms with Gasteiger partial charge in [0.1, 0.15) is 25.0 Å². The van der Waals surface area contributed by atoms with Crippen LogP contribution in [0.5, 0.6) is 5.75 Å². The van der Waals surface area contributed by atoms with E-state index in [2.05, 4.69) is 70.4 Å². The Labute approximate surface area is 214 Å². The van der Waals surface area contributed by atoms with Crippen LogP contribution in [0.1, 0.15) is 82.8 Å². The number of quaternary nitrogens is 1. The molecule has 0 spiro atoms. The van der Waals surface area contributed by atoms with Gasteiger partial charge in [-0.2, -0.15) is 0 Å². The van der Waals surface area contributed by atoms with E-state index in [0.29, 0.717) is 13.0 Å². The van der Waals surface area contributed by atoms with Crippen LogP contribution in [0.3, 0.4) is 0 Å². The minimum atomic E-state index is -0.154. The molecular formula is C31H48NO3+. The van der Waals surface area contributed by atoms with Crippen molar-refractivity contribution in [3.8, 4) is 5.75 Å². The van der Waals surface area contributed by atoms with E-state index in [9.17, 15) is 4.79 Å². The maximum Gasteiger partial charge on any atom is 0.311 e. The van der Waals surface area contributed by atoms with Crippen LogP contribution in [0.15, 0.2) is 54.6 Å². The molecule has 0 saturated heterocycles. The van der Waals surface area contributed by atoms with E-state index in [0.717, 1.165) is 36.2 Å². The Morgan fingerprint density at radius 1 is 0.857 bits per heavy atom. The van der Waals surface area contributed by atoms with Crippen molar-refractivity contribution in [2.24, 2.45) is 0 Å². The number of carbonyl (C=O) groups excluding carboxylic acids is 1. The number of unbranched alkanes of at least 4 members (excludes halogenated alkanes) is 6. The van der Waals surface area contributed by atoms with Crippen LogP contribution < -0.4 is 4.74 Å². The maximum absolute atomic E-state index is 12.4. The van der Waals surface area contributed by atoms with E-state index in [1.165, 1.54) is 56.1 Å². The summed E-state index contributed by atoms with van der Waals surface area (Å²) < 4.78 is 12.5. The SMILES string of the molecule is CCCCCCCCCc1cccc(OC(CC)COC(=O)CC[N+](C)(C)Cc2ccccc2)c1. The van der Waals surface area contributed by atoms with E-state index in [1.807, 2.05) is 12.1 Å². The summed E-state index contributed by atoms with van der Waals surface area (Å²) in [5, 5.41) is 0. The van der Waals surface area contributed by atoms with Crippen molar-refractivity contribution in [3.63, 3.8) is 0 Å². The van der Waals surface area contributed by atoms with E-state index in [-0.39, 0.29) is 12.1 Å². The van der Waals surface area contributed by atoms with Gasteiger partial charge >= 0.3 is 5.97 Å². The van der Waals surface area contributed by atoms with Crippen LogP contribution in [0.4, 0.5) is 0 Å². The molecule has 2 aromatic carbocycles. The summed E-state index contributed by atoms with van der Waals surface area (Å²) in [6.07, 6.45) is 11.4. The maximum atomic E-state index is 12.4. The lowest BCUT2D eigenvalue weighted by molar-refractivity contribution is -0.903. The Bertz CT molecular complexity index is 834.